The first-order valence-electron chi connectivity index (χ1n) is 7.63. The van der Waals surface area contributed by atoms with Gasteiger partial charge in [0.05, 0.1) is 18.6 Å². The number of hydrogen-bond donors (Lipinski definition) is 1. The molecule has 1 aliphatic heterocycles. The van der Waals surface area contributed by atoms with E-state index in [9.17, 15) is 13.2 Å². The molecule has 7 heteroatoms. The second kappa shape index (κ2) is 6.78. The van der Waals surface area contributed by atoms with Gasteiger partial charge in [0.25, 0.3) is 0 Å². The number of sulfone groups is 1. The summed E-state index contributed by atoms with van der Waals surface area (Å²) in [5.41, 5.74) is 2.52. The van der Waals surface area contributed by atoms with E-state index in [1.165, 1.54) is 0 Å². The first kappa shape index (κ1) is 17.6. The smallest absolute Gasteiger partial charge is 0.321 e. The summed E-state index contributed by atoms with van der Waals surface area (Å²) in [5, 5.41) is 2.88. The summed E-state index contributed by atoms with van der Waals surface area (Å²) in [6.45, 7) is 6.32. The number of benzene rings is 1. The molecule has 1 aromatic carbocycles. The summed E-state index contributed by atoms with van der Waals surface area (Å²) in [6.07, 6.45) is 0. The molecule has 6 nitrogen and oxygen atoms in total. The SMILES string of the molecule is COc1cc(C)cc(NC(=O)N2CCS(=O)(=O)CC(C)C2)c1C. The second-order valence-electron chi connectivity index (χ2n) is 6.24. The molecule has 0 aliphatic carbocycles. The number of carbonyl (C=O) groups is 1. The highest BCUT2D eigenvalue weighted by atomic mass is 32.2. The van der Waals surface area contributed by atoms with Gasteiger partial charge in [0.1, 0.15) is 5.75 Å². The lowest BCUT2D eigenvalue weighted by molar-refractivity contribution is 0.210. The zero-order valence-electron chi connectivity index (χ0n) is 14.0. The van der Waals surface area contributed by atoms with Gasteiger partial charge in [0, 0.05) is 24.3 Å². The minimum atomic E-state index is -3.07. The number of hydrogen-bond acceptors (Lipinski definition) is 4. The molecule has 0 radical (unpaired) electrons. The predicted octanol–water partition coefficient (Wildman–Crippen LogP) is 2.21. The maximum atomic E-state index is 12.5. The van der Waals surface area contributed by atoms with Crippen molar-refractivity contribution in [2.24, 2.45) is 5.92 Å². The summed E-state index contributed by atoms with van der Waals surface area (Å²) in [5.74, 6) is 0.795. The fourth-order valence-corrected chi connectivity index (χ4v) is 4.47. The van der Waals surface area contributed by atoms with Crippen molar-refractivity contribution in [3.8, 4) is 5.75 Å². The van der Waals surface area contributed by atoms with E-state index >= 15 is 0 Å². The summed E-state index contributed by atoms with van der Waals surface area (Å²) < 4.78 is 28.9. The molecule has 2 amide bonds. The number of aryl methyl sites for hydroxylation is 1. The van der Waals surface area contributed by atoms with Crippen LogP contribution < -0.4 is 10.1 Å². The molecule has 128 valence electrons. The van der Waals surface area contributed by atoms with Gasteiger partial charge >= 0.3 is 6.03 Å². The molecule has 23 heavy (non-hydrogen) atoms. The van der Waals surface area contributed by atoms with Gasteiger partial charge < -0.3 is 15.0 Å². The van der Waals surface area contributed by atoms with E-state index in [0.717, 1.165) is 11.1 Å². The molecule has 1 unspecified atom stereocenters. The van der Waals surface area contributed by atoms with Crippen LogP contribution in [0, 0.1) is 19.8 Å². The van der Waals surface area contributed by atoms with Crippen molar-refractivity contribution in [3.05, 3.63) is 23.3 Å². The maximum Gasteiger partial charge on any atom is 0.321 e. The Labute approximate surface area is 137 Å². The van der Waals surface area contributed by atoms with Gasteiger partial charge in [-0.3, -0.25) is 0 Å². The van der Waals surface area contributed by atoms with Crippen molar-refractivity contribution in [3.63, 3.8) is 0 Å². The number of ether oxygens (including phenoxy) is 1. The number of carbonyl (C=O) groups excluding carboxylic acids is 1. The topological polar surface area (TPSA) is 75.7 Å². The highest BCUT2D eigenvalue weighted by molar-refractivity contribution is 7.91. The molecule has 0 bridgehead atoms. The molecule has 2 rings (SSSR count). The Hall–Kier alpha value is -1.76. The number of amides is 2. The molecule has 1 fully saturated rings. The molecule has 1 heterocycles. The van der Waals surface area contributed by atoms with Crippen LogP contribution in [-0.4, -0.2) is 51.1 Å². The van der Waals surface area contributed by atoms with E-state index in [-0.39, 0.29) is 30.0 Å². The number of anilines is 1. The molecule has 0 aromatic heterocycles. The largest absolute Gasteiger partial charge is 0.496 e. The quantitative estimate of drug-likeness (QED) is 0.895. The normalized spacial score (nSPS) is 20.7. The van der Waals surface area contributed by atoms with Crippen LogP contribution >= 0.6 is 0 Å². The van der Waals surface area contributed by atoms with E-state index in [0.29, 0.717) is 18.0 Å². The molecule has 1 N–H and O–H groups in total. The van der Waals surface area contributed by atoms with Crippen LogP contribution in [0.3, 0.4) is 0 Å². The van der Waals surface area contributed by atoms with Crippen LogP contribution in [0.4, 0.5) is 10.5 Å². The zero-order chi connectivity index (χ0) is 17.2. The van der Waals surface area contributed by atoms with Gasteiger partial charge in [-0.05, 0) is 37.5 Å². The second-order valence-corrected chi connectivity index (χ2v) is 8.46. The van der Waals surface area contributed by atoms with Crippen LogP contribution in [0.1, 0.15) is 18.1 Å². The monoisotopic (exact) mass is 340 g/mol. The van der Waals surface area contributed by atoms with Crippen molar-refractivity contribution in [1.29, 1.82) is 0 Å². The highest BCUT2D eigenvalue weighted by Crippen LogP contribution is 2.28. The third-order valence-electron chi connectivity index (χ3n) is 4.00. The fourth-order valence-electron chi connectivity index (χ4n) is 2.83. The molecule has 0 spiro atoms. The Morgan fingerprint density at radius 2 is 2.04 bits per heavy atom. The lowest BCUT2D eigenvalue weighted by atomic mass is 10.1. The molecular formula is C16H24N2O4S. The number of nitrogens with one attached hydrogen (secondary N) is 1. The van der Waals surface area contributed by atoms with Gasteiger partial charge in [-0.1, -0.05) is 6.92 Å². The summed E-state index contributed by atoms with van der Waals surface area (Å²) in [4.78, 5) is 14.1. The van der Waals surface area contributed by atoms with Crippen LogP contribution in [0.2, 0.25) is 0 Å². The Kier molecular flexibility index (Phi) is 5.19. The molecule has 1 aliphatic rings. The van der Waals surface area contributed by atoms with Gasteiger partial charge in [-0.25, -0.2) is 13.2 Å². The average molecular weight is 340 g/mol. The molecule has 1 saturated heterocycles. The fraction of sp³-hybridized carbons (Fsp3) is 0.562. The Morgan fingerprint density at radius 1 is 1.35 bits per heavy atom. The lowest BCUT2D eigenvalue weighted by Gasteiger charge is -2.23. The van der Waals surface area contributed by atoms with E-state index in [4.69, 9.17) is 4.74 Å². The minimum absolute atomic E-state index is 0.0148. The number of urea groups is 1. The molecular weight excluding hydrogens is 316 g/mol. The van der Waals surface area contributed by atoms with E-state index in [1.807, 2.05) is 32.9 Å². The van der Waals surface area contributed by atoms with Crippen LogP contribution in [0.25, 0.3) is 0 Å². The first-order valence-corrected chi connectivity index (χ1v) is 9.45. The third-order valence-corrected chi connectivity index (χ3v) is 5.88. The average Bonchev–Trinajstić information content (AvgIpc) is 2.59. The summed E-state index contributed by atoms with van der Waals surface area (Å²) >= 11 is 0. The Morgan fingerprint density at radius 3 is 2.70 bits per heavy atom. The number of nitrogens with zero attached hydrogens (tertiary/aromatic N) is 1. The van der Waals surface area contributed by atoms with Gasteiger partial charge in [0.2, 0.25) is 0 Å². The van der Waals surface area contributed by atoms with E-state index < -0.39 is 9.84 Å². The van der Waals surface area contributed by atoms with E-state index in [1.54, 1.807) is 12.0 Å². The van der Waals surface area contributed by atoms with Crippen molar-refractivity contribution in [2.45, 2.75) is 20.8 Å². The van der Waals surface area contributed by atoms with Crippen molar-refractivity contribution < 1.29 is 17.9 Å². The van der Waals surface area contributed by atoms with Gasteiger partial charge in [0.15, 0.2) is 9.84 Å². The number of methoxy groups -OCH3 is 1. The highest BCUT2D eigenvalue weighted by Gasteiger charge is 2.27. The van der Waals surface area contributed by atoms with E-state index in [2.05, 4.69) is 5.32 Å². The van der Waals surface area contributed by atoms with Crippen LogP contribution in [-0.2, 0) is 9.84 Å². The zero-order valence-corrected chi connectivity index (χ0v) is 14.9. The van der Waals surface area contributed by atoms with Crippen LogP contribution in [0.15, 0.2) is 12.1 Å². The number of rotatable bonds is 2. The summed E-state index contributed by atoms with van der Waals surface area (Å²) in [6, 6.07) is 3.52. The van der Waals surface area contributed by atoms with Gasteiger partial charge in [-0.2, -0.15) is 0 Å². The molecule has 1 aromatic rings. The third kappa shape index (κ3) is 4.37. The Balaban J connectivity index is 2.17. The molecule has 1 atom stereocenters. The Bertz CT molecular complexity index is 700. The van der Waals surface area contributed by atoms with Crippen molar-refractivity contribution in [1.82, 2.24) is 4.90 Å². The lowest BCUT2D eigenvalue weighted by Crippen LogP contribution is -2.38. The summed E-state index contributed by atoms with van der Waals surface area (Å²) in [7, 11) is -1.48. The maximum absolute atomic E-state index is 12.5. The van der Waals surface area contributed by atoms with Crippen LogP contribution in [0.5, 0.6) is 5.75 Å². The van der Waals surface area contributed by atoms with Gasteiger partial charge in [-0.15, -0.1) is 0 Å². The standard InChI is InChI=1S/C16H24N2O4S/c1-11-7-14(13(3)15(8-11)22-4)17-16(19)18-5-6-23(20,21)10-12(2)9-18/h7-8,12H,5-6,9-10H2,1-4H3,(H,17,19). The predicted molar refractivity (Wildman–Crippen MR) is 90.9 cm³/mol. The van der Waals surface area contributed by atoms with Crippen molar-refractivity contribution >= 4 is 21.6 Å². The first-order chi connectivity index (χ1) is 10.7. The minimum Gasteiger partial charge on any atom is -0.496 e. The van der Waals surface area contributed by atoms with Crippen molar-refractivity contribution in [2.75, 3.05) is 37.0 Å². The molecule has 0 saturated carbocycles.